The lowest BCUT2D eigenvalue weighted by molar-refractivity contribution is 0.0699. The van der Waals surface area contributed by atoms with Crippen molar-refractivity contribution >= 4 is 17.0 Å². The van der Waals surface area contributed by atoms with Crippen LogP contribution in [0.1, 0.15) is 16.1 Å². The maximum absolute atomic E-state index is 11.6. The van der Waals surface area contributed by atoms with Crippen LogP contribution in [0.2, 0.25) is 0 Å². The average Bonchev–Trinajstić information content (AvgIpc) is 2.84. The minimum atomic E-state index is -1.04. The largest absolute Gasteiger partial charge is 0.478 e. The van der Waals surface area contributed by atoms with Crippen LogP contribution in [0.25, 0.3) is 22.3 Å². The summed E-state index contributed by atoms with van der Waals surface area (Å²) in [5, 5.41) is 23.4. The smallest absolute Gasteiger partial charge is 0.336 e. The van der Waals surface area contributed by atoms with Crippen LogP contribution in [0.4, 0.5) is 0 Å². The van der Waals surface area contributed by atoms with Crippen molar-refractivity contribution in [2.45, 2.75) is 13.5 Å². The molecule has 0 aliphatic heterocycles. The number of aliphatic hydroxyl groups excluding tert-OH is 1. The van der Waals surface area contributed by atoms with E-state index in [2.05, 4.69) is 15.1 Å². The molecule has 0 amide bonds. The Kier molecular flexibility index (Phi) is 3.56. The molecule has 3 rings (SSSR count). The highest BCUT2D eigenvalue weighted by Crippen LogP contribution is 2.26. The van der Waals surface area contributed by atoms with Crippen molar-refractivity contribution in [2.24, 2.45) is 0 Å². The van der Waals surface area contributed by atoms with Gasteiger partial charge in [-0.05, 0) is 25.1 Å². The van der Waals surface area contributed by atoms with Crippen molar-refractivity contribution in [1.29, 1.82) is 0 Å². The number of rotatable bonds is 4. The molecule has 0 aromatic carbocycles. The summed E-state index contributed by atoms with van der Waals surface area (Å²) in [7, 11) is 0. The highest BCUT2D eigenvalue weighted by Gasteiger charge is 2.19. The molecule has 0 fully saturated rings. The fourth-order valence-corrected chi connectivity index (χ4v) is 2.43. The van der Waals surface area contributed by atoms with Gasteiger partial charge in [0.05, 0.1) is 35.5 Å². The van der Waals surface area contributed by atoms with Gasteiger partial charge in [-0.1, -0.05) is 0 Å². The Bertz CT molecular complexity index is 843. The zero-order chi connectivity index (χ0) is 15.7. The van der Waals surface area contributed by atoms with Crippen LogP contribution in [0.15, 0.2) is 30.6 Å². The molecule has 0 unspecified atom stereocenters. The molecule has 0 aliphatic rings. The Hall–Kier alpha value is -2.80. The lowest BCUT2D eigenvalue weighted by Gasteiger charge is -2.06. The summed E-state index contributed by atoms with van der Waals surface area (Å²) in [5.41, 5.74) is 2.40. The van der Waals surface area contributed by atoms with E-state index in [-0.39, 0.29) is 18.7 Å². The van der Waals surface area contributed by atoms with Crippen molar-refractivity contribution in [2.75, 3.05) is 6.61 Å². The topological polar surface area (TPSA) is 101 Å². The molecule has 3 heterocycles. The highest BCUT2D eigenvalue weighted by molar-refractivity contribution is 6.04. The second-order valence-electron chi connectivity index (χ2n) is 4.83. The summed E-state index contributed by atoms with van der Waals surface area (Å²) in [6.45, 7) is 1.89. The van der Waals surface area contributed by atoms with Crippen molar-refractivity contribution < 1.29 is 15.0 Å². The zero-order valence-electron chi connectivity index (χ0n) is 11.9. The summed E-state index contributed by atoms with van der Waals surface area (Å²) in [4.78, 5) is 20.1. The molecular weight excluding hydrogens is 284 g/mol. The number of nitrogens with zero attached hydrogens (tertiary/aromatic N) is 4. The first-order valence-corrected chi connectivity index (χ1v) is 6.74. The fourth-order valence-electron chi connectivity index (χ4n) is 2.43. The molecule has 0 aliphatic carbocycles. The van der Waals surface area contributed by atoms with Crippen LogP contribution in [0.3, 0.4) is 0 Å². The van der Waals surface area contributed by atoms with Gasteiger partial charge in [0.1, 0.15) is 0 Å². The molecule has 0 bridgehead atoms. The number of aryl methyl sites for hydroxylation is 1. The van der Waals surface area contributed by atoms with E-state index in [1.807, 2.05) is 6.07 Å². The molecule has 3 aromatic rings. The summed E-state index contributed by atoms with van der Waals surface area (Å²) in [6, 6.07) is 5.10. The maximum atomic E-state index is 11.6. The molecule has 3 aromatic heterocycles. The van der Waals surface area contributed by atoms with Crippen LogP contribution in [0, 0.1) is 6.92 Å². The van der Waals surface area contributed by atoms with E-state index in [9.17, 15) is 9.90 Å². The van der Waals surface area contributed by atoms with Gasteiger partial charge in [0.2, 0.25) is 0 Å². The molecule has 22 heavy (non-hydrogen) atoms. The number of carbonyl (C=O) groups is 1. The molecule has 0 saturated carbocycles. The number of pyridine rings is 2. The Morgan fingerprint density at radius 1 is 1.41 bits per heavy atom. The van der Waals surface area contributed by atoms with E-state index in [4.69, 9.17) is 5.11 Å². The Morgan fingerprint density at radius 2 is 2.23 bits per heavy atom. The van der Waals surface area contributed by atoms with Gasteiger partial charge in [-0.2, -0.15) is 5.10 Å². The number of hydrogen-bond acceptors (Lipinski definition) is 5. The number of aromatic carboxylic acids is 1. The van der Waals surface area contributed by atoms with Crippen molar-refractivity contribution in [3.05, 3.63) is 41.9 Å². The first kappa shape index (κ1) is 14.2. The third-order valence-corrected chi connectivity index (χ3v) is 3.38. The molecule has 0 saturated heterocycles. The van der Waals surface area contributed by atoms with E-state index in [0.29, 0.717) is 22.4 Å². The number of aromatic nitrogens is 4. The van der Waals surface area contributed by atoms with Gasteiger partial charge < -0.3 is 10.2 Å². The average molecular weight is 298 g/mol. The van der Waals surface area contributed by atoms with Crippen molar-refractivity contribution in [1.82, 2.24) is 19.7 Å². The van der Waals surface area contributed by atoms with Crippen LogP contribution in [0.5, 0.6) is 0 Å². The predicted octanol–water partition coefficient (Wildman–Crippen LogP) is 1.49. The van der Waals surface area contributed by atoms with Gasteiger partial charge in [0.25, 0.3) is 0 Å². The van der Waals surface area contributed by atoms with E-state index < -0.39 is 5.97 Å². The van der Waals surface area contributed by atoms with Gasteiger partial charge in [-0.3, -0.25) is 4.98 Å². The van der Waals surface area contributed by atoms with Crippen LogP contribution in [-0.4, -0.2) is 42.5 Å². The molecule has 2 N–H and O–H groups in total. The number of fused-ring (bicyclic) bond motifs is 1. The molecular formula is C15H14N4O3. The minimum absolute atomic E-state index is 0.0998. The molecule has 0 spiro atoms. The first-order chi connectivity index (χ1) is 10.6. The Morgan fingerprint density at radius 3 is 2.86 bits per heavy atom. The van der Waals surface area contributed by atoms with E-state index in [1.54, 1.807) is 25.4 Å². The summed E-state index contributed by atoms with van der Waals surface area (Å²) >= 11 is 0. The Balaban J connectivity index is 2.32. The van der Waals surface area contributed by atoms with Crippen LogP contribution >= 0.6 is 0 Å². The van der Waals surface area contributed by atoms with E-state index in [0.717, 1.165) is 5.56 Å². The summed E-state index contributed by atoms with van der Waals surface area (Å²) < 4.78 is 1.52. The van der Waals surface area contributed by atoms with Gasteiger partial charge >= 0.3 is 5.97 Å². The number of carboxylic acids is 1. The highest BCUT2D eigenvalue weighted by atomic mass is 16.4. The van der Waals surface area contributed by atoms with E-state index >= 15 is 0 Å². The number of aliphatic hydroxyl groups is 1. The predicted molar refractivity (Wildman–Crippen MR) is 79.5 cm³/mol. The zero-order valence-corrected chi connectivity index (χ0v) is 11.9. The van der Waals surface area contributed by atoms with Gasteiger partial charge in [0.15, 0.2) is 5.65 Å². The number of hydrogen-bond donors (Lipinski definition) is 2. The monoisotopic (exact) mass is 298 g/mol. The second kappa shape index (κ2) is 5.53. The SMILES string of the molecule is Cc1nn(CCO)c2nc(-c3cccnc3)cc(C(=O)O)c12. The molecule has 7 nitrogen and oxygen atoms in total. The standard InChI is InChI=1S/C15H14N4O3/c1-9-13-11(15(21)22)7-12(10-3-2-4-16-8-10)17-14(13)19(18-9)5-6-20/h2-4,7-8,20H,5-6H2,1H3,(H,21,22). The quantitative estimate of drug-likeness (QED) is 0.756. The van der Waals surface area contributed by atoms with Crippen LogP contribution < -0.4 is 0 Å². The lowest BCUT2D eigenvalue weighted by Crippen LogP contribution is -2.06. The Labute approximate surface area is 125 Å². The first-order valence-electron chi connectivity index (χ1n) is 6.74. The van der Waals surface area contributed by atoms with E-state index in [1.165, 1.54) is 10.7 Å². The maximum Gasteiger partial charge on any atom is 0.336 e. The summed E-state index contributed by atoms with van der Waals surface area (Å²) in [6.07, 6.45) is 3.26. The molecule has 112 valence electrons. The minimum Gasteiger partial charge on any atom is -0.478 e. The fraction of sp³-hybridized carbons (Fsp3) is 0.200. The van der Waals surface area contributed by atoms with Crippen LogP contribution in [-0.2, 0) is 6.54 Å². The third kappa shape index (κ3) is 2.31. The van der Waals surface area contributed by atoms with Crippen molar-refractivity contribution in [3.8, 4) is 11.3 Å². The molecule has 0 radical (unpaired) electrons. The summed E-state index contributed by atoms with van der Waals surface area (Å²) in [5.74, 6) is -1.04. The molecule has 7 heteroatoms. The normalized spacial score (nSPS) is 11.0. The van der Waals surface area contributed by atoms with Gasteiger partial charge in [-0.15, -0.1) is 0 Å². The second-order valence-corrected chi connectivity index (χ2v) is 4.83. The molecule has 0 atom stereocenters. The number of carboxylic acid groups (broad SMARTS) is 1. The lowest BCUT2D eigenvalue weighted by atomic mass is 10.1. The third-order valence-electron chi connectivity index (χ3n) is 3.38. The van der Waals surface area contributed by atoms with Crippen molar-refractivity contribution in [3.63, 3.8) is 0 Å². The van der Waals surface area contributed by atoms with Gasteiger partial charge in [-0.25, -0.2) is 14.5 Å². The van der Waals surface area contributed by atoms with Gasteiger partial charge in [0, 0.05) is 18.0 Å².